The zero-order valence-electron chi connectivity index (χ0n) is 11.0. The van der Waals surface area contributed by atoms with Crippen LogP contribution in [0.4, 0.5) is 0 Å². The molecule has 4 heteroatoms. The fourth-order valence-electron chi connectivity index (χ4n) is 1.98. The molecule has 98 valence electrons. The first-order valence-corrected chi connectivity index (χ1v) is 6.18. The fraction of sp³-hybridized carbons (Fsp3) is 0.500. The van der Waals surface area contributed by atoms with Crippen molar-refractivity contribution in [2.45, 2.75) is 25.8 Å². The third-order valence-electron chi connectivity index (χ3n) is 3.34. The summed E-state index contributed by atoms with van der Waals surface area (Å²) >= 11 is 0. The van der Waals surface area contributed by atoms with Crippen LogP contribution in [0, 0.1) is 5.92 Å². The Morgan fingerprint density at radius 3 is 2.61 bits per heavy atom. The quantitative estimate of drug-likeness (QED) is 0.870. The Morgan fingerprint density at radius 1 is 1.33 bits per heavy atom. The summed E-state index contributed by atoms with van der Waals surface area (Å²) in [6, 6.07) is 5.44. The summed E-state index contributed by atoms with van der Waals surface area (Å²) in [5.74, 6) is 1.76. The minimum atomic E-state index is -0.0890. The van der Waals surface area contributed by atoms with Gasteiger partial charge in [0.2, 0.25) is 0 Å². The first-order valence-electron chi connectivity index (χ1n) is 6.18. The van der Waals surface area contributed by atoms with Crippen molar-refractivity contribution in [3.05, 3.63) is 23.8 Å². The van der Waals surface area contributed by atoms with Crippen LogP contribution in [0.2, 0.25) is 0 Å². The Morgan fingerprint density at radius 2 is 2.06 bits per heavy atom. The lowest BCUT2D eigenvalue weighted by molar-refractivity contribution is 0.0932. The summed E-state index contributed by atoms with van der Waals surface area (Å²) in [7, 11) is 3.14. The highest BCUT2D eigenvalue weighted by Crippen LogP contribution is 2.32. The van der Waals surface area contributed by atoms with Crippen LogP contribution in [-0.2, 0) is 0 Å². The second kappa shape index (κ2) is 5.29. The Kier molecular flexibility index (Phi) is 3.75. The molecule has 1 aliphatic carbocycles. The molecule has 0 aromatic heterocycles. The molecule has 0 radical (unpaired) electrons. The number of hydrogen-bond acceptors (Lipinski definition) is 3. The van der Waals surface area contributed by atoms with E-state index in [9.17, 15) is 4.79 Å². The summed E-state index contributed by atoms with van der Waals surface area (Å²) in [6.45, 7) is 2.05. The molecule has 1 unspecified atom stereocenters. The number of carbonyl (C=O) groups excluding carboxylic acids is 1. The summed E-state index contributed by atoms with van der Waals surface area (Å²) in [4.78, 5) is 12.1. The third kappa shape index (κ3) is 2.75. The van der Waals surface area contributed by atoms with Gasteiger partial charge in [0.25, 0.3) is 5.91 Å². The molecule has 0 heterocycles. The highest BCUT2D eigenvalue weighted by molar-refractivity contribution is 5.97. The molecular formula is C14H19NO3. The molecule has 4 nitrogen and oxygen atoms in total. The highest BCUT2D eigenvalue weighted by atomic mass is 16.5. The van der Waals surface area contributed by atoms with E-state index in [1.54, 1.807) is 32.4 Å². The molecule has 0 aliphatic heterocycles. The normalized spacial score (nSPS) is 15.9. The molecule has 1 N–H and O–H groups in total. The lowest BCUT2D eigenvalue weighted by atomic mass is 10.1. The van der Waals surface area contributed by atoms with E-state index in [-0.39, 0.29) is 11.9 Å². The van der Waals surface area contributed by atoms with Crippen molar-refractivity contribution in [2.24, 2.45) is 5.92 Å². The average molecular weight is 249 g/mol. The van der Waals surface area contributed by atoms with Crippen LogP contribution in [0.3, 0.4) is 0 Å². The Labute approximate surface area is 107 Å². The minimum absolute atomic E-state index is 0.0890. The summed E-state index contributed by atoms with van der Waals surface area (Å²) < 4.78 is 10.3. The molecular weight excluding hydrogens is 230 g/mol. The minimum Gasteiger partial charge on any atom is -0.497 e. The van der Waals surface area contributed by atoms with Crippen LogP contribution in [0.15, 0.2) is 18.2 Å². The molecule has 0 bridgehead atoms. The van der Waals surface area contributed by atoms with Crippen molar-refractivity contribution in [3.63, 3.8) is 0 Å². The molecule has 1 saturated carbocycles. The maximum atomic E-state index is 12.1. The van der Waals surface area contributed by atoms with E-state index in [0.717, 1.165) is 0 Å². The van der Waals surface area contributed by atoms with Crippen LogP contribution in [-0.4, -0.2) is 26.2 Å². The van der Waals surface area contributed by atoms with Crippen molar-refractivity contribution in [1.29, 1.82) is 0 Å². The van der Waals surface area contributed by atoms with E-state index in [4.69, 9.17) is 9.47 Å². The zero-order valence-corrected chi connectivity index (χ0v) is 11.0. The van der Waals surface area contributed by atoms with Gasteiger partial charge in [0.1, 0.15) is 11.5 Å². The number of rotatable bonds is 5. The van der Waals surface area contributed by atoms with E-state index < -0.39 is 0 Å². The number of hydrogen-bond donors (Lipinski definition) is 1. The largest absolute Gasteiger partial charge is 0.497 e. The number of nitrogens with one attached hydrogen (secondary N) is 1. The Balaban J connectivity index is 2.12. The van der Waals surface area contributed by atoms with E-state index in [0.29, 0.717) is 23.0 Å². The fourth-order valence-corrected chi connectivity index (χ4v) is 1.98. The number of amides is 1. The van der Waals surface area contributed by atoms with E-state index >= 15 is 0 Å². The molecule has 18 heavy (non-hydrogen) atoms. The van der Waals surface area contributed by atoms with Gasteiger partial charge < -0.3 is 14.8 Å². The lowest BCUT2D eigenvalue weighted by Crippen LogP contribution is -2.34. The molecule has 1 aromatic rings. The highest BCUT2D eigenvalue weighted by Gasteiger charge is 2.29. The van der Waals surface area contributed by atoms with Crippen LogP contribution >= 0.6 is 0 Å². The van der Waals surface area contributed by atoms with Gasteiger partial charge in [-0.15, -0.1) is 0 Å². The topological polar surface area (TPSA) is 47.6 Å². The van der Waals surface area contributed by atoms with Gasteiger partial charge in [-0.3, -0.25) is 4.79 Å². The molecule has 0 saturated heterocycles. The van der Waals surface area contributed by atoms with Crippen molar-refractivity contribution in [1.82, 2.24) is 5.32 Å². The first kappa shape index (κ1) is 12.7. The van der Waals surface area contributed by atoms with Gasteiger partial charge >= 0.3 is 0 Å². The van der Waals surface area contributed by atoms with Gasteiger partial charge in [0.05, 0.1) is 19.8 Å². The van der Waals surface area contributed by atoms with Gasteiger partial charge in [0.15, 0.2) is 0 Å². The molecule has 1 fully saturated rings. The predicted octanol–water partition coefficient (Wildman–Crippen LogP) is 2.23. The van der Waals surface area contributed by atoms with Crippen molar-refractivity contribution in [2.75, 3.05) is 14.2 Å². The number of benzene rings is 1. The number of methoxy groups -OCH3 is 2. The Bertz CT molecular complexity index is 441. The van der Waals surface area contributed by atoms with Gasteiger partial charge in [-0.2, -0.15) is 0 Å². The average Bonchev–Trinajstić information content (AvgIpc) is 3.22. The van der Waals surface area contributed by atoms with Crippen molar-refractivity contribution < 1.29 is 14.3 Å². The molecule has 2 rings (SSSR count). The van der Waals surface area contributed by atoms with E-state index in [1.807, 2.05) is 6.92 Å². The molecule has 1 atom stereocenters. The maximum absolute atomic E-state index is 12.1. The van der Waals surface area contributed by atoms with Crippen molar-refractivity contribution >= 4 is 5.91 Å². The van der Waals surface area contributed by atoms with Crippen LogP contribution < -0.4 is 14.8 Å². The second-order valence-corrected chi connectivity index (χ2v) is 4.67. The van der Waals surface area contributed by atoms with Gasteiger partial charge in [-0.05, 0) is 37.8 Å². The second-order valence-electron chi connectivity index (χ2n) is 4.67. The smallest absolute Gasteiger partial charge is 0.255 e. The van der Waals surface area contributed by atoms with Crippen molar-refractivity contribution in [3.8, 4) is 11.5 Å². The Hall–Kier alpha value is -1.71. The summed E-state index contributed by atoms with van der Waals surface area (Å²) in [5.41, 5.74) is 0.547. The van der Waals surface area contributed by atoms with E-state index in [2.05, 4.69) is 5.32 Å². The molecule has 1 aliphatic rings. The molecule has 1 amide bonds. The SMILES string of the molecule is COc1ccc(C(=O)NC(C)C2CC2)c(OC)c1. The first-order chi connectivity index (χ1) is 8.65. The zero-order chi connectivity index (χ0) is 13.1. The van der Waals surface area contributed by atoms with Crippen LogP contribution in [0.25, 0.3) is 0 Å². The van der Waals surface area contributed by atoms with Crippen LogP contribution in [0.1, 0.15) is 30.1 Å². The van der Waals surface area contributed by atoms with Gasteiger partial charge in [-0.1, -0.05) is 0 Å². The van der Waals surface area contributed by atoms with Gasteiger partial charge in [-0.25, -0.2) is 0 Å². The molecule has 0 spiro atoms. The van der Waals surface area contributed by atoms with Crippen LogP contribution in [0.5, 0.6) is 11.5 Å². The monoisotopic (exact) mass is 249 g/mol. The van der Waals surface area contributed by atoms with E-state index in [1.165, 1.54) is 12.8 Å². The number of ether oxygens (including phenoxy) is 2. The third-order valence-corrected chi connectivity index (χ3v) is 3.34. The predicted molar refractivity (Wildman–Crippen MR) is 69.2 cm³/mol. The lowest BCUT2D eigenvalue weighted by Gasteiger charge is -2.15. The number of carbonyl (C=O) groups is 1. The standard InChI is InChI=1S/C14H19NO3/c1-9(10-4-5-10)15-14(16)12-7-6-11(17-2)8-13(12)18-3/h6-10H,4-5H2,1-3H3,(H,15,16). The molecule has 1 aromatic carbocycles. The maximum Gasteiger partial charge on any atom is 0.255 e. The summed E-state index contributed by atoms with van der Waals surface area (Å²) in [5, 5.41) is 3.01. The van der Waals surface area contributed by atoms with Gasteiger partial charge in [0, 0.05) is 12.1 Å². The summed E-state index contributed by atoms with van der Waals surface area (Å²) in [6.07, 6.45) is 2.42.